The SMILES string of the molecule is CC(C)OC1OC(=O)C(Cl)=C1N=[N+]=[N-]. The maximum atomic E-state index is 11.0. The lowest BCUT2D eigenvalue weighted by molar-refractivity contribution is -0.165. The Morgan fingerprint density at radius 2 is 2.36 bits per heavy atom. The molecular formula is C7H8ClN3O3. The van der Waals surface area contributed by atoms with Gasteiger partial charge in [0, 0.05) is 4.91 Å². The number of rotatable bonds is 3. The molecule has 76 valence electrons. The van der Waals surface area contributed by atoms with E-state index in [2.05, 4.69) is 10.0 Å². The quantitative estimate of drug-likeness (QED) is 0.314. The van der Waals surface area contributed by atoms with Crippen LogP contribution in [0.15, 0.2) is 15.8 Å². The molecule has 1 aliphatic heterocycles. The number of carbonyl (C=O) groups is 1. The Morgan fingerprint density at radius 1 is 1.71 bits per heavy atom. The summed E-state index contributed by atoms with van der Waals surface area (Å²) in [6.45, 7) is 3.52. The van der Waals surface area contributed by atoms with Crippen LogP contribution in [0.25, 0.3) is 10.4 Å². The van der Waals surface area contributed by atoms with Crippen molar-refractivity contribution < 1.29 is 14.3 Å². The Labute approximate surface area is 85.1 Å². The molecule has 1 rings (SSSR count). The Kier molecular flexibility index (Phi) is 3.35. The highest BCUT2D eigenvalue weighted by Crippen LogP contribution is 2.28. The first-order valence-electron chi connectivity index (χ1n) is 3.87. The summed E-state index contributed by atoms with van der Waals surface area (Å²) in [7, 11) is 0. The summed E-state index contributed by atoms with van der Waals surface area (Å²) in [4.78, 5) is 13.5. The van der Waals surface area contributed by atoms with Crippen molar-refractivity contribution in [1.29, 1.82) is 0 Å². The Morgan fingerprint density at radius 3 is 2.86 bits per heavy atom. The van der Waals surface area contributed by atoms with Crippen LogP contribution in [0, 0.1) is 0 Å². The van der Waals surface area contributed by atoms with E-state index in [0.29, 0.717) is 0 Å². The van der Waals surface area contributed by atoms with Crippen LogP contribution in [0.1, 0.15) is 13.8 Å². The van der Waals surface area contributed by atoms with E-state index in [1.807, 2.05) is 0 Å². The van der Waals surface area contributed by atoms with Gasteiger partial charge >= 0.3 is 5.97 Å². The molecule has 0 saturated heterocycles. The highest BCUT2D eigenvalue weighted by Gasteiger charge is 2.33. The topological polar surface area (TPSA) is 84.3 Å². The van der Waals surface area contributed by atoms with E-state index in [1.165, 1.54) is 0 Å². The minimum absolute atomic E-state index is 0.0205. The van der Waals surface area contributed by atoms with Gasteiger partial charge in [0.05, 0.1) is 6.10 Å². The third kappa shape index (κ3) is 2.17. The summed E-state index contributed by atoms with van der Waals surface area (Å²) in [5.41, 5.74) is 8.21. The first-order chi connectivity index (χ1) is 6.56. The Bertz CT molecular complexity index is 333. The highest BCUT2D eigenvalue weighted by molar-refractivity contribution is 6.42. The first-order valence-corrected chi connectivity index (χ1v) is 4.25. The van der Waals surface area contributed by atoms with Gasteiger partial charge in [0.25, 0.3) is 0 Å². The van der Waals surface area contributed by atoms with Crippen LogP contribution >= 0.6 is 11.6 Å². The van der Waals surface area contributed by atoms with Gasteiger partial charge in [-0.15, -0.1) is 0 Å². The van der Waals surface area contributed by atoms with Crippen molar-refractivity contribution >= 4 is 17.6 Å². The summed E-state index contributed by atoms with van der Waals surface area (Å²) in [6.07, 6.45) is -1.16. The summed E-state index contributed by atoms with van der Waals surface area (Å²) >= 11 is 5.55. The van der Waals surface area contributed by atoms with E-state index in [0.717, 1.165) is 0 Å². The van der Waals surface area contributed by atoms with E-state index in [4.69, 9.17) is 26.6 Å². The predicted molar refractivity (Wildman–Crippen MR) is 48.1 cm³/mol. The smallest absolute Gasteiger partial charge is 0.352 e. The van der Waals surface area contributed by atoms with Crippen molar-refractivity contribution in [2.45, 2.75) is 26.2 Å². The number of hydrogen-bond acceptors (Lipinski definition) is 4. The number of ether oxygens (including phenoxy) is 2. The van der Waals surface area contributed by atoms with Crippen molar-refractivity contribution in [3.05, 3.63) is 21.2 Å². The minimum Gasteiger partial charge on any atom is -0.427 e. The van der Waals surface area contributed by atoms with E-state index in [1.54, 1.807) is 13.8 Å². The lowest BCUT2D eigenvalue weighted by Gasteiger charge is -2.14. The van der Waals surface area contributed by atoms with Crippen molar-refractivity contribution in [2.24, 2.45) is 5.11 Å². The second-order valence-electron chi connectivity index (χ2n) is 2.81. The fourth-order valence-electron chi connectivity index (χ4n) is 0.891. The molecule has 0 aromatic carbocycles. The number of halogens is 1. The molecule has 1 unspecified atom stereocenters. The van der Waals surface area contributed by atoms with Gasteiger partial charge in [0.15, 0.2) is 0 Å². The van der Waals surface area contributed by atoms with Crippen LogP contribution in [0.4, 0.5) is 0 Å². The van der Waals surface area contributed by atoms with Crippen LogP contribution in [-0.2, 0) is 14.3 Å². The van der Waals surface area contributed by atoms with E-state index in [-0.39, 0.29) is 16.8 Å². The molecule has 14 heavy (non-hydrogen) atoms. The third-order valence-electron chi connectivity index (χ3n) is 1.39. The van der Waals surface area contributed by atoms with Crippen LogP contribution in [0.5, 0.6) is 0 Å². The monoisotopic (exact) mass is 217 g/mol. The van der Waals surface area contributed by atoms with Gasteiger partial charge < -0.3 is 9.47 Å². The number of cyclic esters (lactones) is 1. The van der Waals surface area contributed by atoms with Gasteiger partial charge in [-0.2, -0.15) is 0 Å². The van der Waals surface area contributed by atoms with Crippen molar-refractivity contribution in [3.63, 3.8) is 0 Å². The fraction of sp³-hybridized carbons (Fsp3) is 0.571. The van der Waals surface area contributed by atoms with Crippen molar-refractivity contribution in [2.75, 3.05) is 0 Å². The molecule has 7 heteroatoms. The predicted octanol–water partition coefficient (Wildman–Crippen LogP) is 2.05. The first kappa shape index (κ1) is 10.8. The van der Waals surface area contributed by atoms with Crippen LogP contribution in [-0.4, -0.2) is 18.4 Å². The zero-order chi connectivity index (χ0) is 10.7. The second-order valence-corrected chi connectivity index (χ2v) is 3.19. The minimum atomic E-state index is -0.995. The van der Waals surface area contributed by atoms with Gasteiger partial charge in [-0.25, -0.2) is 4.79 Å². The summed E-state index contributed by atoms with van der Waals surface area (Å²) < 4.78 is 9.88. The van der Waals surface area contributed by atoms with Gasteiger partial charge in [0.2, 0.25) is 6.29 Å². The maximum Gasteiger partial charge on any atom is 0.352 e. The molecule has 1 atom stereocenters. The molecule has 6 nitrogen and oxygen atoms in total. The average Bonchev–Trinajstić information content (AvgIpc) is 2.32. The normalized spacial score (nSPS) is 21.1. The van der Waals surface area contributed by atoms with Gasteiger partial charge in [-0.1, -0.05) is 16.7 Å². The van der Waals surface area contributed by atoms with Gasteiger partial charge in [-0.3, -0.25) is 0 Å². The lowest BCUT2D eigenvalue weighted by atomic mass is 10.4. The zero-order valence-corrected chi connectivity index (χ0v) is 8.35. The number of esters is 1. The van der Waals surface area contributed by atoms with Gasteiger partial charge in [0.1, 0.15) is 10.7 Å². The molecule has 1 aliphatic rings. The molecule has 0 bridgehead atoms. The molecule has 0 radical (unpaired) electrons. The third-order valence-corrected chi connectivity index (χ3v) is 1.74. The fourth-order valence-corrected chi connectivity index (χ4v) is 1.06. The number of hydrogen-bond donors (Lipinski definition) is 0. The van der Waals surface area contributed by atoms with Gasteiger partial charge in [-0.05, 0) is 19.4 Å². The molecular weight excluding hydrogens is 210 g/mol. The van der Waals surface area contributed by atoms with Crippen LogP contribution < -0.4 is 0 Å². The lowest BCUT2D eigenvalue weighted by Crippen LogP contribution is -2.19. The Hall–Kier alpha value is -1.23. The largest absolute Gasteiger partial charge is 0.427 e. The van der Waals surface area contributed by atoms with E-state index < -0.39 is 12.3 Å². The molecule has 0 aliphatic carbocycles. The zero-order valence-electron chi connectivity index (χ0n) is 7.60. The molecule has 0 aromatic heterocycles. The number of carbonyl (C=O) groups excluding carboxylic acids is 1. The van der Waals surface area contributed by atoms with E-state index in [9.17, 15) is 4.79 Å². The Balaban J connectivity index is 2.90. The summed E-state index contributed by atoms with van der Waals surface area (Å²) in [5.74, 6) is -0.736. The van der Waals surface area contributed by atoms with Crippen molar-refractivity contribution in [3.8, 4) is 0 Å². The molecule has 0 aromatic rings. The average molecular weight is 218 g/mol. The van der Waals surface area contributed by atoms with Crippen LogP contribution in [0.2, 0.25) is 0 Å². The molecule has 0 amide bonds. The summed E-state index contributed by atoms with van der Waals surface area (Å²) in [5, 5.41) is 3.02. The molecule has 0 spiro atoms. The van der Waals surface area contributed by atoms with Crippen LogP contribution in [0.3, 0.4) is 0 Å². The molecule has 1 heterocycles. The molecule has 0 N–H and O–H groups in total. The maximum absolute atomic E-state index is 11.0. The van der Waals surface area contributed by atoms with E-state index >= 15 is 0 Å². The highest BCUT2D eigenvalue weighted by atomic mass is 35.5. The molecule has 0 saturated carbocycles. The number of azide groups is 1. The summed E-state index contributed by atoms with van der Waals surface area (Å²) in [6, 6.07) is 0. The standard InChI is InChI=1S/C7H8ClN3O3/c1-3(2)13-7-5(10-11-9)4(8)6(12)14-7/h3,7H,1-2H3. The molecule has 0 fully saturated rings. The second kappa shape index (κ2) is 4.32. The van der Waals surface area contributed by atoms with Crippen molar-refractivity contribution in [1.82, 2.24) is 0 Å². The number of nitrogens with zero attached hydrogens (tertiary/aromatic N) is 3.